The van der Waals surface area contributed by atoms with E-state index >= 15 is 0 Å². The van der Waals surface area contributed by atoms with Gasteiger partial charge in [-0.15, -0.1) is 0 Å². The Hall–Kier alpha value is -2.86. The Morgan fingerprint density at radius 3 is 1.90 bits per heavy atom. The van der Waals surface area contributed by atoms with Crippen molar-refractivity contribution in [2.45, 2.75) is 26.4 Å². The average Bonchev–Trinajstić information content (AvgIpc) is 3.02. The lowest BCUT2D eigenvalue weighted by Crippen LogP contribution is -2.51. The zero-order chi connectivity index (χ0) is 20.6. The minimum Gasteiger partial charge on any atom is -0.444 e. The van der Waals surface area contributed by atoms with Gasteiger partial charge in [-0.3, -0.25) is 14.3 Å². The molecule has 2 aromatic carbocycles. The molecule has 0 aliphatic carbocycles. The van der Waals surface area contributed by atoms with Gasteiger partial charge in [0.15, 0.2) is 0 Å². The molecule has 3 aromatic rings. The molecule has 0 spiro atoms. The number of piperazine rings is 1. The molecule has 1 aliphatic heterocycles. The standard InChI is InChI=1S/C23H27N3O3/c1-23(2,3)29-22(28)25-14-12-24(13-15-25)16-21(27)26-19-10-6-4-8-17(19)18-9-5-7-11-20(18)26/h4-11H,12-16H2,1-3H3. The molecule has 4 rings (SSSR count). The van der Waals surface area contributed by atoms with Crippen LogP contribution >= 0.6 is 0 Å². The van der Waals surface area contributed by atoms with Crippen molar-refractivity contribution < 1.29 is 14.3 Å². The largest absolute Gasteiger partial charge is 0.444 e. The molecule has 6 nitrogen and oxygen atoms in total. The van der Waals surface area contributed by atoms with Gasteiger partial charge < -0.3 is 9.64 Å². The maximum Gasteiger partial charge on any atom is 0.410 e. The van der Waals surface area contributed by atoms with E-state index in [0.29, 0.717) is 32.7 Å². The summed E-state index contributed by atoms with van der Waals surface area (Å²) in [5, 5.41) is 2.18. The normalized spacial score (nSPS) is 15.8. The van der Waals surface area contributed by atoms with Crippen LogP contribution in [-0.4, -0.2) is 64.7 Å². The van der Waals surface area contributed by atoms with Crippen molar-refractivity contribution in [3.8, 4) is 0 Å². The smallest absolute Gasteiger partial charge is 0.410 e. The van der Waals surface area contributed by atoms with Crippen molar-refractivity contribution in [1.82, 2.24) is 14.4 Å². The minimum absolute atomic E-state index is 0.0492. The molecule has 6 heteroatoms. The second-order valence-corrected chi connectivity index (χ2v) is 8.51. The van der Waals surface area contributed by atoms with Crippen LogP contribution in [0.3, 0.4) is 0 Å². The van der Waals surface area contributed by atoms with Gasteiger partial charge in [-0.1, -0.05) is 36.4 Å². The summed E-state index contributed by atoms with van der Waals surface area (Å²) in [5.74, 6) is 0.0492. The van der Waals surface area contributed by atoms with Gasteiger partial charge in [0.1, 0.15) is 5.60 Å². The number of nitrogens with zero attached hydrogens (tertiary/aromatic N) is 3. The van der Waals surface area contributed by atoms with E-state index < -0.39 is 5.60 Å². The molecular formula is C23H27N3O3. The predicted molar refractivity (Wildman–Crippen MR) is 114 cm³/mol. The van der Waals surface area contributed by atoms with Gasteiger partial charge in [0.25, 0.3) is 0 Å². The molecule has 0 bridgehead atoms. The number of hydrogen-bond acceptors (Lipinski definition) is 4. The predicted octanol–water partition coefficient (Wildman–Crippen LogP) is 3.99. The topological polar surface area (TPSA) is 54.8 Å². The third-order valence-electron chi connectivity index (χ3n) is 5.21. The van der Waals surface area contributed by atoms with Crippen molar-refractivity contribution in [2.75, 3.05) is 32.7 Å². The van der Waals surface area contributed by atoms with Crippen LogP contribution in [0.2, 0.25) is 0 Å². The Morgan fingerprint density at radius 2 is 1.38 bits per heavy atom. The summed E-state index contributed by atoms with van der Waals surface area (Å²) >= 11 is 0. The van der Waals surface area contributed by atoms with Crippen LogP contribution in [0.1, 0.15) is 25.6 Å². The lowest BCUT2D eigenvalue weighted by Gasteiger charge is -2.35. The van der Waals surface area contributed by atoms with E-state index in [1.807, 2.05) is 61.7 Å². The SMILES string of the molecule is CC(C)(C)OC(=O)N1CCN(CC(=O)n2c3ccccc3c3ccccc32)CC1. The number of carbonyl (C=O) groups is 2. The van der Waals surface area contributed by atoms with Crippen LogP contribution in [0.4, 0.5) is 4.79 Å². The molecule has 0 saturated carbocycles. The third-order valence-corrected chi connectivity index (χ3v) is 5.21. The summed E-state index contributed by atoms with van der Waals surface area (Å²) in [6, 6.07) is 16.0. The number of hydrogen-bond donors (Lipinski definition) is 0. The second-order valence-electron chi connectivity index (χ2n) is 8.51. The Balaban J connectivity index is 1.48. The summed E-state index contributed by atoms with van der Waals surface area (Å²) in [4.78, 5) is 29.3. The molecule has 2 heterocycles. The van der Waals surface area contributed by atoms with E-state index in [0.717, 1.165) is 21.8 Å². The molecule has 152 valence electrons. The Morgan fingerprint density at radius 1 is 0.862 bits per heavy atom. The number of fused-ring (bicyclic) bond motifs is 3. The van der Waals surface area contributed by atoms with Crippen molar-refractivity contribution in [1.29, 1.82) is 0 Å². The highest BCUT2D eigenvalue weighted by Crippen LogP contribution is 2.28. The number of aromatic nitrogens is 1. The van der Waals surface area contributed by atoms with Gasteiger partial charge in [-0.05, 0) is 32.9 Å². The molecule has 1 amide bonds. The highest BCUT2D eigenvalue weighted by atomic mass is 16.6. The fourth-order valence-electron chi connectivity index (χ4n) is 3.87. The quantitative estimate of drug-likeness (QED) is 0.661. The number of amides is 1. The first-order chi connectivity index (χ1) is 13.8. The molecule has 29 heavy (non-hydrogen) atoms. The molecule has 1 aliphatic rings. The van der Waals surface area contributed by atoms with Gasteiger partial charge in [-0.2, -0.15) is 0 Å². The fourth-order valence-corrected chi connectivity index (χ4v) is 3.87. The van der Waals surface area contributed by atoms with E-state index in [1.54, 1.807) is 4.90 Å². The monoisotopic (exact) mass is 393 g/mol. The molecule has 0 atom stereocenters. The molecule has 1 aromatic heterocycles. The highest BCUT2D eigenvalue weighted by molar-refractivity contribution is 6.13. The van der Waals surface area contributed by atoms with Crippen molar-refractivity contribution in [3.05, 3.63) is 48.5 Å². The Labute approximate surface area is 170 Å². The van der Waals surface area contributed by atoms with Crippen LogP contribution in [0.5, 0.6) is 0 Å². The lowest BCUT2D eigenvalue weighted by molar-refractivity contribution is 0.0147. The van der Waals surface area contributed by atoms with Gasteiger partial charge in [0.05, 0.1) is 17.6 Å². The number of ether oxygens (including phenoxy) is 1. The number of rotatable bonds is 2. The van der Waals surface area contributed by atoms with Gasteiger partial charge in [0, 0.05) is 37.0 Å². The fraction of sp³-hybridized carbons (Fsp3) is 0.391. The minimum atomic E-state index is -0.499. The molecule has 1 fully saturated rings. The van der Waals surface area contributed by atoms with Crippen LogP contribution in [-0.2, 0) is 4.74 Å². The zero-order valence-corrected chi connectivity index (χ0v) is 17.2. The van der Waals surface area contributed by atoms with E-state index in [2.05, 4.69) is 17.0 Å². The first-order valence-electron chi connectivity index (χ1n) is 10.1. The molecular weight excluding hydrogens is 366 g/mol. The first kappa shape index (κ1) is 19.5. The maximum absolute atomic E-state index is 13.2. The molecule has 0 unspecified atom stereocenters. The average molecular weight is 393 g/mol. The molecule has 0 N–H and O–H groups in total. The summed E-state index contributed by atoms with van der Waals surface area (Å²) in [7, 11) is 0. The Kier molecular flexibility index (Phi) is 5.04. The van der Waals surface area contributed by atoms with Crippen LogP contribution in [0, 0.1) is 0 Å². The van der Waals surface area contributed by atoms with E-state index in [1.165, 1.54) is 0 Å². The van der Waals surface area contributed by atoms with Crippen molar-refractivity contribution >= 4 is 33.8 Å². The Bertz CT molecular complexity index is 1000. The van der Waals surface area contributed by atoms with Crippen LogP contribution in [0.15, 0.2) is 48.5 Å². The summed E-state index contributed by atoms with van der Waals surface area (Å²) in [5.41, 5.74) is 1.37. The maximum atomic E-state index is 13.2. The van der Waals surface area contributed by atoms with E-state index in [-0.39, 0.29) is 12.0 Å². The summed E-state index contributed by atoms with van der Waals surface area (Å²) in [6.07, 6.45) is -0.286. The van der Waals surface area contributed by atoms with Crippen molar-refractivity contribution in [2.24, 2.45) is 0 Å². The molecule has 0 radical (unpaired) electrons. The summed E-state index contributed by atoms with van der Waals surface area (Å²) in [6.45, 7) is 8.36. The number of benzene rings is 2. The number of para-hydroxylation sites is 2. The third kappa shape index (κ3) is 3.98. The van der Waals surface area contributed by atoms with E-state index in [4.69, 9.17) is 4.74 Å². The van der Waals surface area contributed by atoms with Gasteiger partial charge in [0.2, 0.25) is 5.91 Å². The lowest BCUT2D eigenvalue weighted by atomic mass is 10.2. The van der Waals surface area contributed by atoms with Crippen LogP contribution in [0.25, 0.3) is 21.8 Å². The number of carbonyl (C=O) groups excluding carboxylic acids is 2. The second kappa shape index (κ2) is 7.52. The van der Waals surface area contributed by atoms with Gasteiger partial charge >= 0.3 is 6.09 Å². The first-order valence-corrected chi connectivity index (χ1v) is 10.1. The highest BCUT2D eigenvalue weighted by Gasteiger charge is 2.27. The van der Waals surface area contributed by atoms with Gasteiger partial charge in [-0.25, -0.2) is 4.79 Å². The van der Waals surface area contributed by atoms with E-state index in [9.17, 15) is 9.59 Å². The summed E-state index contributed by atoms with van der Waals surface area (Å²) < 4.78 is 7.27. The zero-order valence-electron chi connectivity index (χ0n) is 17.2. The van der Waals surface area contributed by atoms with Crippen LogP contribution < -0.4 is 0 Å². The van der Waals surface area contributed by atoms with Crippen molar-refractivity contribution in [3.63, 3.8) is 0 Å². The molecule has 1 saturated heterocycles.